The molecule has 2 aromatic rings. The second-order valence-electron chi connectivity index (χ2n) is 4.55. The molecule has 1 atom stereocenters. The fourth-order valence-electron chi connectivity index (χ4n) is 2.20. The SMILES string of the molecule is C[C@H]1Cc2c(c(I)nn2-c2ccc(F)c(Cl)c2)CO1. The Balaban J connectivity index is 2.12. The van der Waals surface area contributed by atoms with E-state index in [0.29, 0.717) is 6.61 Å². The Hall–Kier alpha value is -0.660. The van der Waals surface area contributed by atoms with Gasteiger partial charge < -0.3 is 4.74 Å². The van der Waals surface area contributed by atoms with E-state index in [0.717, 1.165) is 27.1 Å². The number of benzene rings is 1. The van der Waals surface area contributed by atoms with Crippen LogP contribution in [0.4, 0.5) is 4.39 Å². The first-order valence-electron chi connectivity index (χ1n) is 5.89. The normalized spacial score (nSPS) is 18.4. The number of hydrogen-bond donors (Lipinski definition) is 0. The van der Waals surface area contributed by atoms with Crippen LogP contribution in [0.1, 0.15) is 18.2 Å². The summed E-state index contributed by atoms with van der Waals surface area (Å²) >= 11 is 8.03. The van der Waals surface area contributed by atoms with E-state index >= 15 is 0 Å². The van der Waals surface area contributed by atoms with Gasteiger partial charge in [-0.1, -0.05) is 11.6 Å². The molecular weight excluding hydrogens is 382 g/mol. The van der Waals surface area contributed by atoms with Crippen molar-refractivity contribution in [3.8, 4) is 5.69 Å². The molecule has 0 spiro atoms. The molecule has 3 nitrogen and oxygen atoms in total. The van der Waals surface area contributed by atoms with Crippen LogP contribution in [-0.2, 0) is 17.8 Å². The molecule has 1 aromatic carbocycles. The van der Waals surface area contributed by atoms with Crippen LogP contribution in [0.5, 0.6) is 0 Å². The van der Waals surface area contributed by atoms with E-state index < -0.39 is 5.82 Å². The van der Waals surface area contributed by atoms with Gasteiger partial charge in [-0.3, -0.25) is 0 Å². The van der Waals surface area contributed by atoms with E-state index in [1.54, 1.807) is 12.1 Å². The summed E-state index contributed by atoms with van der Waals surface area (Å²) in [5.74, 6) is -0.419. The smallest absolute Gasteiger partial charge is 0.141 e. The molecule has 0 unspecified atom stereocenters. The zero-order valence-corrected chi connectivity index (χ0v) is 13.1. The summed E-state index contributed by atoms with van der Waals surface area (Å²) in [5, 5.41) is 4.62. The molecule has 100 valence electrons. The van der Waals surface area contributed by atoms with Crippen LogP contribution in [0, 0.1) is 9.52 Å². The molecule has 0 aliphatic carbocycles. The summed E-state index contributed by atoms with van der Waals surface area (Å²) < 4.78 is 21.6. The maximum atomic E-state index is 13.2. The Labute approximate surface area is 128 Å². The minimum atomic E-state index is -0.419. The van der Waals surface area contributed by atoms with Crippen LogP contribution in [0.3, 0.4) is 0 Å². The second-order valence-corrected chi connectivity index (χ2v) is 5.98. The summed E-state index contributed by atoms with van der Waals surface area (Å²) in [7, 11) is 0. The van der Waals surface area contributed by atoms with Crippen molar-refractivity contribution in [3.63, 3.8) is 0 Å². The van der Waals surface area contributed by atoms with Gasteiger partial charge in [-0.05, 0) is 47.7 Å². The fourth-order valence-corrected chi connectivity index (χ4v) is 3.05. The lowest BCUT2D eigenvalue weighted by Gasteiger charge is -2.20. The molecule has 0 saturated heterocycles. The molecule has 0 bridgehead atoms. The number of ether oxygens (including phenoxy) is 1. The van der Waals surface area contributed by atoms with Crippen molar-refractivity contribution in [1.29, 1.82) is 0 Å². The molecule has 0 amide bonds. The summed E-state index contributed by atoms with van der Waals surface area (Å²) in [4.78, 5) is 0. The Morgan fingerprint density at radius 2 is 2.32 bits per heavy atom. The van der Waals surface area contributed by atoms with Crippen LogP contribution >= 0.6 is 34.2 Å². The molecule has 0 N–H and O–H groups in total. The highest BCUT2D eigenvalue weighted by Gasteiger charge is 2.24. The number of rotatable bonds is 1. The predicted molar refractivity (Wildman–Crippen MR) is 79.2 cm³/mol. The van der Waals surface area contributed by atoms with E-state index in [1.807, 2.05) is 11.6 Å². The fraction of sp³-hybridized carbons (Fsp3) is 0.308. The average molecular weight is 393 g/mol. The molecule has 0 radical (unpaired) electrons. The largest absolute Gasteiger partial charge is 0.373 e. The third-order valence-electron chi connectivity index (χ3n) is 3.18. The van der Waals surface area contributed by atoms with E-state index in [9.17, 15) is 4.39 Å². The van der Waals surface area contributed by atoms with Gasteiger partial charge in [0.2, 0.25) is 0 Å². The first-order chi connectivity index (χ1) is 9.06. The predicted octanol–water partition coefficient (Wildman–Crippen LogP) is 3.73. The molecule has 1 aliphatic rings. The van der Waals surface area contributed by atoms with Crippen LogP contribution < -0.4 is 0 Å². The summed E-state index contributed by atoms with van der Waals surface area (Å²) in [6.07, 6.45) is 0.954. The number of fused-ring (bicyclic) bond motifs is 1. The van der Waals surface area contributed by atoms with Crippen molar-refractivity contribution < 1.29 is 9.13 Å². The zero-order valence-electron chi connectivity index (χ0n) is 10.2. The van der Waals surface area contributed by atoms with E-state index in [1.165, 1.54) is 6.07 Å². The van der Waals surface area contributed by atoms with Gasteiger partial charge in [0.15, 0.2) is 0 Å². The molecule has 2 heterocycles. The Morgan fingerprint density at radius 1 is 1.53 bits per heavy atom. The Bertz CT molecular complexity index is 644. The summed E-state index contributed by atoms with van der Waals surface area (Å²) in [6, 6.07) is 4.65. The maximum Gasteiger partial charge on any atom is 0.141 e. The highest BCUT2D eigenvalue weighted by atomic mass is 127. The molecule has 1 aliphatic heterocycles. The topological polar surface area (TPSA) is 27.1 Å². The van der Waals surface area contributed by atoms with Crippen LogP contribution in [-0.4, -0.2) is 15.9 Å². The van der Waals surface area contributed by atoms with Crippen molar-refractivity contribution in [2.75, 3.05) is 0 Å². The van der Waals surface area contributed by atoms with E-state index in [4.69, 9.17) is 16.3 Å². The van der Waals surface area contributed by atoms with Crippen molar-refractivity contribution in [2.45, 2.75) is 26.1 Å². The lowest BCUT2D eigenvalue weighted by molar-refractivity contribution is 0.0395. The molecule has 19 heavy (non-hydrogen) atoms. The second kappa shape index (κ2) is 5.03. The van der Waals surface area contributed by atoms with Crippen LogP contribution in [0.15, 0.2) is 18.2 Å². The summed E-state index contributed by atoms with van der Waals surface area (Å²) in [5.41, 5.74) is 3.00. The van der Waals surface area contributed by atoms with Gasteiger partial charge in [0.25, 0.3) is 0 Å². The van der Waals surface area contributed by atoms with Gasteiger partial charge >= 0.3 is 0 Å². The Kier molecular flexibility index (Phi) is 3.53. The first-order valence-corrected chi connectivity index (χ1v) is 7.35. The van der Waals surface area contributed by atoms with Gasteiger partial charge in [0.1, 0.15) is 9.52 Å². The number of nitrogens with zero attached hydrogens (tertiary/aromatic N) is 2. The molecule has 3 rings (SSSR count). The zero-order chi connectivity index (χ0) is 13.6. The lowest BCUT2D eigenvalue weighted by atomic mass is 10.1. The molecule has 6 heteroatoms. The molecule has 1 aromatic heterocycles. The van der Waals surface area contributed by atoms with Crippen LogP contribution in [0.2, 0.25) is 5.02 Å². The summed E-state index contributed by atoms with van der Waals surface area (Å²) in [6.45, 7) is 2.61. The first kappa shape index (κ1) is 13.3. The monoisotopic (exact) mass is 392 g/mol. The van der Waals surface area contributed by atoms with Crippen molar-refractivity contribution in [2.24, 2.45) is 0 Å². The van der Waals surface area contributed by atoms with Gasteiger partial charge in [-0.2, -0.15) is 5.10 Å². The third kappa shape index (κ3) is 2.39. The van der Waals surface area contributed by atoms with Gasteiger partial charge in [-0.25, -0.2) is 9.07 Å². The third-order valence-corrected chi connectivity index (χ3v) is 4.34. The number of aromatic nitrogens is 2. The Morgan fingerprint density at radius 3 is 3.05 bits per heavy atom. The van der Waals surface area contributed by atoms with Crippen molar-refractivity contribution >= 4 is 34.2 Å². The highest BCUT2D eigenvalue weighted by molar-refractivity contribution is 14.1. The maximum absolute atomic E-state index is 13.2. The lowest BCUT2D eigenvalue weighted by Crippen LogP contribution is -2.21. The average Bonchev–Trinajstić information content (AvgIpc) is 2.70. The number of hydrogen-bond acceptors (Lipinski definition) is 2. The quantitative estimate of drug-likeness (QED) is 0.692. The van der Waals surface area contributed by atoms with Crippen molar-refractivity contribution in [3.05, 3.63) is 44.0 Å². The highest BCUT2D eigenvalue weighted by Crippen LogP contribution is 2.28. The van der Waals surface area contributed by atoms with Gasteiger partial charge in [0, 0.05) is 12.0 Å². The molecule has 0 saturated carbocycles. The van der Waals surface area contributed by atoms with Crippen molar-refractivity contribution in [1.82, 2.24) is 9.78 Å². The minimum absolute atomic E-state index is 0.108. The van der Waals surface area contributed by atoms with Crippen LogP contribution in [0.25, 0.3) is 5.69 Å². The van der Waals surface area contributed by atoms with E-state index in [-0.39, 0.29) is 11.1 Å². The molecule has 0 fully saturated rings. The standard InChI is InChI=1S/C13H11ClFIN2O/c1-7-4-12-9(6-19-7)13(16)17-18(12)8-2-3-11(15)10(14)5-8/h2-3,5,7H,4,6H2,1H3/t7-/m0/s1. The van der Waals surface area contributed by atoms with Gasteiger partial charge in [0.05, 0.1) is 29.1 Å². The number of halogens is 3. The molecular formula is C13H11ClFIN2O. The minimum Gasteiger partial charge on any atom is -0.373 e. The van der Waals surface area contributed by atoms with Gasteiger partial charge in [-0.15, -0.1) is 0 Å². The van der Waals surface area contributed by atoms with E-state index in [2.05, 4.69) is 27.7 Å².